The van der Waals surface area contributed by atoms with Gasteiger partial charge in [0, 0.05) is 23.7 Å². The fraction of sp³-hybridized carbons (Fsp3) is 0.667. The van der Waals surface area contributed by atoms with E-state index in [4.69, 9.17) is 0 Å². The summed E-state index contributed by atoms with van der Waals surface area (Å²) in [6.07, 6.45) is 13.4. The molecule has 104 valence electrons. The Bertz CT molecular complexity index is 464. The Labute approximate surface area is 119 Å². The smallest absolute Gasteiger partial charge is 0.141 e. The number of ketones is 2. The van der Waals surface area contributed by atoms with Gasteiger partial charge in [-0.15, -0.1) is 0 Å². The van der Waals surface area contributed by atoms with Gasteiger partial charge in [-0.1, -0.05) is 24.3 Å². The van der Waals surface area contributed by atoms with E-state index in [-0.39, 0.29) is 23.7 Å². The van der Waals surface area contributed by atoms with Gasteiger partial charge in [0.1, 0.15) is 11.6 Å². The van der Waals surface area contributed by atoms with Gasteiger partial charge in [0.25, 0.3) is 0 Å². The molecule has 0 radical (unpaired) electrons. The highest BCUT2D eigenvalue weighted by Gasteiger charge is 2.60. The topological polar surface area (TPSA) is 34.1 Å². The molecule has 4 bridgehead atoms. The van der Waals surface area contributed by atoms with Crippen molar-refractivity contribution in [3.05, 3.63) is 24.3 Å². The minimum atomic E-state index is 0.0280. The van der Waals surface area contributed by atoms with Crippen molar-refractivity contribution < 1.29 is 9.59 Å². The first-order chi connectivity index (χ1) is 9.75. The first kappa shape index (κ1) is 11.5. The van der Waals surface area contributed by atoms with Gasteiger partial charge in [0.2, 0.25) is 0 Å². The van der Waals surface area contributed by atoms with Crippen molar-refractivity contribution in [2.75, 3.05) is 0 Å². The van der Waals surface area contributed by atoms with E-state index in [1.54, 1.807) is 0 Å². The Morgan fingerprint density at radius 1 is 0.550 bits per heavy atom. The van der Waals surface area contributed by atoms with Gasteiger partial charge in [-0.3, -0.25) is 9.59 Å². The lowest BCUT2D eigenvalue weighted by molar-refractivity contribution is -0.159. The highest BCUT2D eigenvalue weighted by molar-refractivity contribution is 6.01. The van der Waals surface area contributed by atoms with E-state index < -0.39 is 0 Å². The summed E-state index contributed by atoms with van der Waals surface area (Å²) in [6, 6.07) is 0. The molecule has 0 spiro atoms. The summed E-state index contributed by atoms with van der Waals surface area (Å²) in [7, 11) is 0. The second kappa shape index (κ2) is 3.72. The Hall–Kier alpha value is -1.18. The van der Waals surface area contributed by atoms with Gasteiger partial charge < -0.3 is 0 Å². The van der Waals surface area contributed by atoms with Crippen molar-refractivity contribution >= 4 is 11.6 Å². The second-order valence-electron chi connectivity index (χ2n) is 7.49. The van der Waals surface area contributed by atoms with Crippen molar-refractivity contribution in [2.45, 2.75) is 25.7 Å². The van der Waals surface area contributed by atoms with Crippen LogP contribution in [0.5, 0.6) is 0 Å². The van der Waals surface area contributed by atoms with Crippen LogP contribution in [-0.4, -0.2) is 11.6 Å². The number of fused-ring (bicyclic) bond motifs is 2. The summed E-state index contributed by atoms with van der Waals surface area (Å²) in [6.45, 7) is 0. The molecule has 0 unspecified atom stereocenters. The molecule has 8 atom stereocenters. The van der Waals surface area contributed by atoms with E-state index in [9.17, 15) is 9.59 Å². The molecule has 0 aromatic rings. The zero-order chi connectivity index (χ0) is 13.4. The average Bonchev–Trinajstić information content (AvgIpc) is 2.53. The lowest BCUT2D eigenvalue weighted by Crippen LogP contribution is -2.60. The number of rotatable bonds is 0. The second-order valence-corrected chi connectivity index (χ2v) is 7.49. The average molecular weight is 268 g/mol. The van der Waals surface area contributed by atoms with Gasteiger partial charge in [0.15, 0.2) is 0 Å². The van der Waals surface area contributed by atoms with Crippen LogP contribution in [0.1, 0.15) is 25.7 Å². The highest BCUT2D eigenvalue weighted by Crippen LogP contribution is 2.57. The van der Waals surface area contributed by atoms with Gasteiger partial charge in [-0.05, 0) is 49.4 Å². The van der Waals surface area contributed by atoms with E-state index >= 15 is 0 Å². The van der Waals surface area contributed by atoms with E-state index in [1.165, 1.54) is 0 Å². The quantitative estimate of drug-likeness (QED) is 0.633. The third-order valence-corrected chi connectivity index (χ3v) is 6.81. The predicted molar refractivity (Wildman–Crippen MR) is 74.7 cm³/mol. The summed E-state index contributed by atoms with van der Waals surface area (Å²) in [5.41, 5.74) is 0. The van der Waals surface area contributed by atoms with E-state index in [2.05, 4.69) is 24.3 Å². The maximum absolute atomic E-state index is 13.1. The van der Waals surface area contributed by atoms with Gasteiger partial charge >= 0.3 is 0 Å². The van der Waals surface area contributed by atoms with Crippen LogP contribution in [0.4, 0.5) is 0 Å². The van der Waals surface area contributed by atoms with Gasteiger partial charge in [0.05, 0.1) is 0 Å². The van der Waals surface area contributed by atoms with Crippen molar-refractivity contribution in [3.8, 4) is 0 Å². The standard InChI is InChI=1S/C18H20O2/c19-17-13-9-1-2-10(4-3-9)14(13)18(20)16-12-7-5-11(6-8-12)15(16)17/h1-2,5,7,9-16H,3-4,6,8H2/t9-,10+,11-,12+,13-,14+,15-,16+. The van der Waals surface area contributed by atoms with Crippen molar-refractivity contribution in [1.82, 2.24) is 0 Å². The van der Waals surface area contributed by atoms with Crippen molar-refractivity contribution in [2.24, 2.45) is 47.3 Å². The van der Waals surface area contributed by atoms with Crippen LogP contribution < -0.4 is 0 Å². The molecule has 0 aromatic carbocycles. The third-order valence-electron chi connectivity index (χ3n) is 6.81. The highest BCUT2D eigenvalue weighted by atomic mass is 16.1. The first-order valence-corrected chi connectivity index (χ1v) is 8.20. The third kappa shape index (κ3) is 1.22. The Morgan fingerprint density at radius 3 is 1.00 bits per heavy atom. The fourth-order valence-corrected chi connectivity index (χ4v) is 5.98. The maximum atomic E-state index is 13.1. The molecule has 0 saturated heterocycles. The molecule has 0 aromatic heterocycles. The molecule has 0 aliphatic heterocycles. The molecular weight excluding hydrogens is 248 g/mol. The van der Waals surface area contributed by atoms with Crippen LogP contribution in [0.3, 0.4) is 0 Å². The lowest BCUT2D eigenvalue weighted by atomic mass is 9.47. The SMILES string of the molecule is O=C1[C@@H]2[C@H](C(=O)[C@H]3[C@@H]1[C@H]1C=C[C@@H]3CC1)[C@@H]1C=C[C@H]2CC1. The number of allylic oxidation sites excluding steroid dienone is 4. The predicted octanol–water partition coefficient (Wildman–Crippen LogP) is 2.80. The minimum Gasteiger partial charge on any atom is -0.299 e. The van der Waals surface area contributed by atoms with Crippen molar-refractivity contribution in [3.63, 3.8) is 0 Å². The van der Waals surface area contributed by atoms with Crippen LogP contribution in [0, 0.1) is 47.3 Å². The molecule has 0 amide bonds. The molecule has 0 N–H and O–H groups in total. The zero-order valence-corrected chi connectivity index (χ0v) is 11.6. The maximum Gasteiger partial charge on any atom is 0.141 e. The van der Waals surface area contributed by atoms with Crippen LogP contribution in [0.2, 0.25) is 0 Å². The summed E-state index contributed by atoms with van der Waals surface area (Å²) < 4.78 is 0. The first-order valence-electron chi connectivity index (χ1n) is 8.20. The summed E-state index contributed by atoms with van der Waals surface area (Å²) >= 11 is 0. The van der Waals surface area contributed by atoms with Crippen LogP contribution in [-0.2, 0) is 9.59 Å². The van der Waals surface area contributed by atoms with E-state index in [0.29, 0.717) is 35.2 Å². The lowest BCUT2D eigenvalue weighted by Gasteiger charge is -2.55. The normalized spacial score (nSPS) is 55.0. The fourth-order valence-electron chi connectivity index (χ4n) is 5.98. The minimum absolute atomic E-state index is 0.0280. The summed E-state index contributed by atoms with van der Waals surface area (Å²) in [4.78, 5) is 26.2. The monoisotopic (exact) mass is 268 g/mol. The molecule has 7 rings (SSSR count). The Kier molecular flexibility index (Phi) is 2.13. The molecule has 7 aliphatic carbocycles. The molecule has 2 nitrogen and oxygen atoms in total. The molecule has 20 heavy (non-hydrogen) atoms. The Morgan fingerprint density at radius 2 is 0.800 bits per heavy atom. The summed E-state index contributed by atoms with van der Waals surface area (Å²) in [5, 5.41) is 0. The largest absolute Gasteiger partial charge is 0.299 e. The zero-order valence-electron chi connectivity index (χ0n) is 11.6. The molecule has 0 heterocycles. The van der Waals surface area contributed by atoms with Crippen LogP contribution in [0.25, 0.3) is 0 Å². The number of carbonyl (C=O) groups is 2. The molecule has 3 saturated carbocycles. The van der Waals surface area contributed by atoms with E-state index in [1.807, 2.05) is 0 Å². The number of hydrogen-bond donors (Lipinski definition) is 0. The Balaban J connectivity index is 1.63. The molecule has 3 fully saturated rings. The van der Waals surface area contributed by atoms with Crippen molar-refractivity contribution in [1.29, 1.82) is 0 Å². The number of hydrogen-bond acceptors (Lipinski definition) is 2. The molecule has 7 aliphatic rings. The van der Waals surface area contributed by atoms with Crippen LogP contribution >= 0.6 is 0 Å². The molecular formula is C18H20O2. The van der Waals surface area contributed by atoms with Crippen LogP contribution in [0.15, 0.2) is 24.3 Å². The van der Waals surface area contributed by atoms with E-state index in [0.717, 1.165) is 25.7 Å². The summed E-state index contributed by atoms with van der Waals surface area (Å²) in [5.74, 6) is 2.41. The van der Waals surface area contributed by atoms with Gasteiger partial charge in [-0.25, -0.2) is 0 Å². The molecule has 2 heteroatoms. The number of Topliss-reactive ketones (excluding diaryl/α,β-unsaturated/α-hetero) is 2. The van der Waals surface area contributed by atoms with Gasteiger partial charge in [-0.2, -0.15) is 0 Å². The number of carbonyl (C=O) groups excluding carboxylic acids is 2.